The maximum absolute atomic E-state index is 11.4. The van der Waals surface area contributed by atoms with Crippen LogP contribution in [0, 0.1) is 0 Å². The number of piperidine rings is 1. The van der Waals surface area contributed by atoms with Gasteiger partial charge in [-0.3, -0.25) is 4.68 Å². The number of aromatic nitrogens is 2. The van der Waals surface area contributed by atoms with Crippen molar-refractivity contribution in [2.45, 2.75) is 43.8 Å². The number of carboxylic acid groups (broad SMARTS) is 1. The first kappa shape index (κ1) is 12.8. The fourth-order valence-corrected chi connectivity index (χ4v) is 4.11. The molecule has 0 saturated carbocycles. The highest BCUT2D eigenvalue weighted by molar-refractivity contribution is 6.01. The van der Waals surface area contributed by atoms with Gasteiger partial charge in [0.1, 0.15) is 0 Å². The van der Waals surface area contributed by atoms with Crippen LogP contribution in [0.1, 0.15) is 42.2 Å². The largest absolute Gasteiger partial charge is 0.476 e. The molecule has 1 aromatic heterocycles. The Kier molecular flexibility index (Phi) is 2.79. The molecule has 4 rings (SSSR count). The van der Waals surface area contributed by atoms with Crippen molar-refractivity contribution in [2.24, 2.45) is 0 Å². The van der Waals surface area contributed by atoms with Crippen LogP contribution in [0.4, 0.5) is 0 Å². The van der Waals surface area contributed by atoms with Gasteiger partial charge in [-0.05, 0) is 38.8 Å². The summed E-state index contributed by atoms with van der Waals surface area (Å²) in [7, 11) is 2.21. The fraction of sp³-hybridized carbons (Fsp3) is 0.500. The van der Waals surface area contributed by atoms with E-state index in [9.17, 15) is 9.90 Å². The molecule has 2 aliphatic rings. The Labute approximate surface area is 123 Å². The van der Waals surface area contributed by atoms with Gasteiger partial charge in [0.15, 0.2) is 5.69 Å². The number of para-hydroxylation sites is 1. The zero-order chi connectivity index (χ0) is 14.6. The predicted octanol–water partition coefficient (Wildman–Crippen LogP) is 2.53. The Balaban J connectivity index is 1.79. The molecule has 0 spiro atoms. The zero-order valence-corrected chi connectivity index (χ0v) is 12.1. The minimum absolute atomic E-state index is 0.178. The van der Waals surface area contributed by atoms with Gasteiger partial charge in [0, 0.05) is 17.5 Å². The Bertz CT molecular complexity index is 695. The molecule has 110 valence electrons. The van der Waals surface area contributed by atoms with Crippen LogP contribution in [0.25, 0.3) is 10.9 Å². The van der Waals surface area contributed by atoms with E-state index in [2.05, 4.69) is 17.0 Å². The average molecular weight is 285 g/mol. The van der Waals surface area contributed by atoms with E-state index in [0.29, 0.717) is 18.1 Å². The second kappa shape index (κ2) is 4.56. The summed E-state index contributed by atoms with van der Waals surface area (Å²) in [5.74, 6) is -0.944. The molecule has 2 bridgehead atoms. The van der Waals surface area contributed by atoms with E-state index in [1.165, 1.54) is 12.8 Å². The van der Waals surface area contributed by atoms with E-state index in [4.69, 9.17) is 0 Å². The van der Waals surface area contributed by atoms with Crippen molar-refractivity contribution >= 4 is 16.9 Å². The van der Waals surface area contributed by atoms with Crippen LogP contribution in [-0.2, 0) is 0 Å². The van der Waals surface area contributed by atoms with Crippen molar-refractivity contribution in [3.05, 3.63) is 30.0 Å². The smallest absolute Gasteiger partial charge is 0.357 e. The quantitative estimate of drug-likeness (QED) is 0.921. The predicted molar refractivity (Wildman–Crippen MR) is 79.5 cm³/mol. The molecule has 5 nitrogen and oxygen atoms in total. The zero-order valence-electron chi connectivity index (χ0n) is 12.1. The van der Waals surface area contributed by atoms with Gasteiger partial charge in [0.05, 0.1) is 11.6 Å². The Morgan fingerprint density at radius 1 is 1.19 bits per heavy atom. The van der Waals surface area contributed by atoms with Gasteiger partial charge in [-0.2, -0.15) is 5.10 Å². The fourth-order valence-electron chi connectivity index (χ4n) is 4.11. The SMILES string of the molecule is CN1[C@@H]2CC[C@H]1CC(n1nc(C(=O)O)c3ccccc31)C2. The molecule has 0 aliphatic carbocycles. The molecule has 5 heteroatoms. The highest BCUT2D eigenvalue weighted by Crippen LogP contribution is 2.40. The summed E-state index contributed by atoms with van der Waals surface area (Å²) in [4.78, 5) is 13.9. The standard InChI is InChI=1S/C16H19N3O2/c1-18-10-6-7-11(18)9-12(8-10)19-14-5-3-2-4-13(14)15(17-19)16(20)21/h2-5,10-12H,6-9H2,1H3,(H,20,21)/t10-,11+,12?. The van der Waals surface area contributed by atoms with Crippen LogP contribution in [0.15, 0.2) is 24.3 Å². The van der Waals surface area contributed by atoms with Crippen LogP contribution in [-0.4, -0.2) is 44.9 Å². The van der Waals surface area contributed by atoms with E-state index >= 15 is 0 Å². The van der Waals surface area contributed by atoms with Crippen LogP contribution in [0.2, 0.25) is 0 Å². The van der Waals surface area contributed by atoms with Crippen LogP contribution < -0.4 is 0 Å². The summed E-state index contributed by atoms with van der Waals surface area (Å²) < 4.78 is 1.97. The van der Waals surface area contributed by atoms with Crippen molar-refractivity contribution in [1.82, 2.24) is 14.7 Å². The van der Waals surface area contributed by atoms with Gasteiger partial charge in [-0.15, -0.1) is 0 Å². The highest BCUT2D eigenvalue weighted by atomic mass is 16.4. The van der Waals surface area contributed by atoms with E-state index in [1.807, 2.05) is 28.9 Å². The van der Waals surface area contributed by atoms with E-state index in [-0.39, 0.29) is 5.69 Å². The summed E-state index contributed by atoms with van der Waals surface area (Å²) in [5.41, 5.74) is 1.13. The summed E-state index contributed by atoms with van der Waals surface area (Å²) in [6, 6.07) is 9.21. The van der Waals surface area contributed by atoms with Gasteiger partial charge in [0.25, 0.3) is 0 Å². The van der Waals surface area contributed by atoms with Crippen molar-refractivity contribution in [3.63, 3.8) is 0 Å². The number of carbonyl (C=O) groups is 1. The lowest BCUT2D eigenvalue weighted by atomic mass is 9.98. The van der Waals surface area contributed by atoms with E-state index in [1.54, 1.807) is 0 Å². The Morgan fingerprint density at radius 3 is 2.52 bits per heavy atom. The molecule has 2 fully saturated rings. The summed E-state index contributed by atoms with van der Waals surface area (Å²) in [6.45, 7) is 0. The second-order valence-corrected chi connectivity index (χ2v) is 6.29. The summed E-state index contributed by atoms with van der Waals surface area (Å²) in [6.07, 6.45) is 4.64. The minimum atomic E-state index is -0.944. The molecule has 1 aromatic carbocycles. The first-order valence-corrected chi connectivity index (χ1v) is 7.57. The first-order chi connectivity index (χ1) is 10.1. The molecule has 0 amide bonds. The number of nitrogens with zero attached hydrogens (tertiary/aromatic N) is 3. The number of carboxylic acids is 1. The lowest BCUT2D eigenvalue weighted by Crippen LogP contribution is -2.40. The second-order valence-electron chi connectivity index (χ2n) is 6.29. The van der Waals surface area contributed by atoms with Crippen LogP contribution in [0.3, 0.4) is 0 Å². The molecule has 21 heavy (non-hydrogen) atoms. The number of benzene rings is 1. The number of hydrogen-bond donors (Lipinski definition) is 1. The molecular weight excluding hydrogens is 266 g/mol. The van der Waals surface area contributed by atoms with Crippen molar-refractivity contribution < 1.29 is 9.90 Å². The molecule has 3 atom stereocenters. The molecule has 1 unspecified atom stereocenters. The Hall–Kier alpha value is -1.88. The van der Waals surface area contributed by atoms with Gasteiger partial charge in [-0.25, -0.2) is 4.79 Å². The maximum atomic E-state index is 11.4. The lowest BCUT2D eigenvalue weighted by molar-refractivity contribution is 0.0689. The van der Waals surface area contributed by atoms with Gasteiger partial charge >= 0.3 is 5.97 Å². The van der Waals surface area contributed by atoms with Gasteiger partial charge in [-0.1, -0.05) is 18.2 Å². The van der Waals surface area contributed by atoms with Crippen molar-refractivity contribution in [3.8, 4) is 0 Å². The number of fused-ring (bicyclic) bond motifs is 3. The number of aromatic carboxylic acids is 1. The van der Waals surface area contributed by atoms with E-state index < -0.39 is 5.97 Å². The van der Waals surface area contributed by atoms with Gasteiger partial charge in [0.2, 0.25) is 0 Å². The monoisotopic (exact) mass is 285 g/mol. The lowest BCUT2D eigenvalue weighted by Gasteiger charge is -2.36. The maximum Gasteiger partial charge on any atom is 0.357 e. The normalized spacial score (nSPS) is 29.1. The molecule has 2 saturated heterocycles. The van der Waals surface area contributed by atoms with Gasteiger partial charge < -0.3 is 10.0 Å². The summed E-state index contributed by atoms with van der Waals surface area (Å²) in [5, 5.41) is 14.5. The number of rotatable bonds is 2. The number of hydrogen-bond acceptors (Lipinski definition) is 3. The molecule has 0 radical (unpaired) electrons. The molecule has 2 aliphatic heterocycles. The van der Waals surface area contributed by atoms with Crippen LogP contribution >= 0.6 is 0 Å². The average Bonchev–Trinajstić information content (AvgIpc) is 2.93. The third-order valence-electron chi connectivity index (χ3n) is 5.24. The molecule has 3 heterocycles. The molecule has 1 N–H and O–H groups in total. The highest BCUT2D eigenvalue weighted by Gasteiger charge is 2.40. The van der Waals surface area contributed by atoms with Crippen molar-refractivity contribution in [2.75, 3.05) is 7.05 Å². The molecule has 2 aromatic rings. The Morgan fingerprint density at radius 2 is 1.86 bits per heavy atom. The summed E-state index contributed by atoms with van der Waals surface area (Å²) >= 11 is 0. The van der Waals surface area contributed by atoms with E-state index in [0.717, 1.165) is 23.7 Å². The molecular formula is C16H19N3O2. The van der Waals surface area contributed by atoms with Crippen LogP contribution in [0.5, 0.6) is 0 Å². The minimum Gasteiger partial charge on any atom is -0.476 e. The first-order valence-electron chi connectivity index (χ1n) is 7.57. The van der Waals surface area contributed by atoms with Crippen molar-refractivity contribution in [1.29, 1.82) is 0 Å². The topological polar surface area (TPSA) is 58.4 Å². The third kappa shape index (κ3) is 1.87. The third-order valence-corrected chi connectivity index (χ3v) is 5.24.